The molecule has 0 spiro atoms. The third kappa shape index (κ3) is 5.93. The van der Waals surface area contributed by atoms with E-state index < -0.39 is 5.97 Å². The summed E-state index contributed by atoms with van der Waals surface area (Å²) in [6.45, 7) is 8.81. The van der Waals surface area contributed by atoms with Gasteiger partial charge in [0.15, 0.2) is 0 Å². The van der Waals surface area contributed by atoms with Crippen LogP contribution in [0.25, 0.3) is 16.7 Å². The third-order valence-corrected chi connectivity index (χ3v) is 7.68. The number of benzene rings is 3. The van der Waals surface area contributed by atoms with Crippen molar-refractivity contribution in [3.05, 3.63) is 88.7 Å². The number of aryl methyl sites for hydroxylation is 1. The molecule has 1 aliphatic carbocycles. The minimum Gasteiger partial charge on any atom is -0.497 e. The van der Waals surface area contributed by atoms with Gasteiger partial charge >= 0.3 is 5.97 Å². The van der Waals surface area contributed by atoms with Gasteiger partial charge in [-0.3, -0.25) is 4.79 Å². The first-order chi connectivity index (χ1) is 18.1. The standard InChI is InChI=1S/C33H37FO4/c1-6-23(18-32(35)36)24-11-9-21(2)31(17-24)38-20-22-10-13-26(28-19-25(37-5)12-14-30(28)34)27(16-22)29-8-7-15-33(29,3)4/h8-14,16-17,19,23H,6-7,15,18,20H2,1-5H3,(H,35,36)/t23-/m0/s1. The van der Waals surface area contributed by atoms with Crippen molar-refractivity contribution in [2.45, 2.75) is 65.9 Å². The van der Waals surface area contributed by atoms with Gasteiger partial charge in [0.25, 0.3) is 0 Å². The molecule has 0 fully saturated rings. The second-order valence-electron chi connectivity index (χ2n) is 10.8. The molecule has 4 rings (SSSR count). The lowest BCUT2D eigenvalue weighted by Crippen LogP contribution is -2.10. The zero-order valence-corrected chi connectivity index (χ0v) is 22.9. The second-order valence-corrected chi connectivity index (χ2v) is 10.8. The summed E-state index contributed by atoms with van der Waals surface area (Å²) in [5.41, 5.74) is 6.51. The first-order valence-electron chi connectivity index (χ1n) is 13.3. The molecule has 0 saturated carbocycles. The van der Waals surface area contributed by atoms with Gasteiger partial charge in [-0.2, -0.15) is 0 Å². The maximum absolute atomic E-state index is 15.0. The van der Waals surface area contributed by atoms with Crippen LogP contribution in [0.4, 0.5) is 4.39 Å². The molecule has 200 valence electrons. The van der Waals surface area contributed by atoms with Crippen LogP contribution in [0.5, 0.6) is 11.5 Å². The van der Waals surface area contributed by atoms with Crippen molar-refractivity contribution in [1.29, 1.82) is 0 Å². The molecule has 1 atom stereocenters. The Hall–Kier alpha value is -3.60. The van der Waals surface area contributed by atoms with E-state index in [1.165, 1.54) is 11.6 Å². The van der Waals surface area contributed by atoms with Crippen LogP contribution in [0.2, 0.25) is 0 Å². The number of allylic oxidation sites excluding steroid dienone is 2. The van der Waals surface area contributed by atoms with E-state index in [2.05, 4.69) is 26.0 Å². The Bertz CT molecular complexity index is 1360. The number of methoxy groups -OCH3 is 1. The van der Waals surface area contributed by atoms with Crippen LogP contribution >= 0.6 is 0 Å². The molecule has 1 N–H and O–H groups in total. The zero-order chi connectivity index (χ0) is 27.4. The van der Waals surface area contributed by atoms with Crippen LogP contribution in [0, 0.1) is 18.2 Å². The van der Waals surface area contributed by atoms with Gasteiger partial charge < -0.3 is 14.6 Å². The summed E-state index contributed by atoms with van der Waals surface area (Å²) in [6.07, 6.45) is 5.14. The van der Waals surface area contributed by atoms with Crippen LogP contribution in [0.3, 0.4) is 0 Å². The fourth-order valence-corrected chi connectivity index (χ4v) is 5.34. The lowest BCUT2D eigenvalue weighted by Gasteiger charge is -2.25. The van der Waals surface area contributed by atoms with E-state index in [1.54, 1.807) is 19.2 Å². The summed E-state index contributed by atoms with van der Waals surface area (Å²) in [5.74, 6) is 0.214. The Kier molecular flexibility index (Phi) is 8.25. The Morgan fingerprint density at radius 2 is 1.84 bits per heavy atom. The number of carboxylic acids is 1. The summed E-state index contributed by atoms with van der Waals surface area (Å²) >= 11 is 0. The number of hydrogen-bond donors (Lipinski definition) is 1. The van der Waals surface area contributed by atoms with Gasteiger partial charge in [-0.1, -0.05) is 51.1 Å². The molecule has 0 aliphatic heterocycles. The minimum atomic E-state index is -0.802. The van der Waals surface area contributed by atoms with Crippen LogP contribution in [0.1, 0.15) is 74.6 Å². The monoisotopic (exact) mass is 516 g/mol. The fourth-order valence-electron chi connectivity index (χ4n) is 5.34. The molecule has 4 nitrogen and oxygen atoms in total. The van der Waals surface area contributed by atoms with Crippen LogP contribution in [-0.2, 0) is 11.4 Å². The topological polar surface area (TPSA) is 55.8 Å². The molecule has 0 saturated heterocycles. The highest BCUT2D eigenvalue weighted by Gasteiger charge is 2.30. The zero-order valence-electron chi connectivity index (χ0n) is 22.9. The first kappa shape index (κ1) is 27.4. The average molecular weight is 517 g/mol. The summed E-state index contributed by atoms with van der Waals surface area (Å²) < 4.78 is 26.7. The van der Waals surface area contributed by atoms with Gasteiger partial charge in [0.05, 0.1) is 13.5 Å². The van der Waals surface area contributed by atoms with E-state index in [0.717, 1.165) is 52.8 Å². The maximum Gasteiger partial charge on any atom is 0.303 e. The van der Waals surface area contributed by atoms with Crippen LogP contribution < -0.4 is 9.47 Å². The number of halogens is 1. The lowest BCUT2D eigenvalue weighted by molar-refractivity contribution is -0.137. The smallest absolute Gasteiger partial charge is 0.303 e. The van der Waals surface area contributed by atoms with Crippen molar-refractivity contribution in [1.82, 2.24) is 0 Å². The second kappa shape index (κ2) is 11.4. The summed E-state index contributed by atoms with van der Waals surface area (Å²) in [5, 5.41) is 9.29. The van der Waals surface area contributed by atoms with Gasteiger partial charge in [0, 0.05) is 5.56 Å². The van der Waals surface area contributed by atoms with Crippen molar-refractivity contribution < 1.29 is 23.8 Å². The van der Waals surface area contributed by atoms with Gasteiger partial charge in [-0.05, 0) is 101 Å². The molecule has 0 unspecified atom stereocenters. The summed E-state index contributed by atoms with van der Waals surface area (Å²) in [4.78, 5) is 11.3. The number of aliphatic carboxylic acids is 1. The Morgan fingerprint density at radius 3 is 2.50 bits per heavy atom. The maximum atomic E-state index is 15.0. The van der Waals surface area contributed by atoms with Crippen molar-refractivity contribution >= 4 is 11.5 Å². The predicted octanol–water partition coefficient (Wildman–Crippen LogP) is 8.56. The molecule has 38 heavy (non-hydrogen) atoms. The van der Waals surface area contributed by atoms with Crippen molar-refractivity contribution in [2.24, 2.45) is 5.41 Å². The van der Waals surface area contributed by atoms with E-state index in [1.807, 2.05) is 44.2 Å². The Labute approximate surface area is 225 Å². The Morgan fingerprint density at radius 1 is 1.05 bits per heavy atom. The molecule has 0 bridgehead atoms. The third-order valence-electron chi connectivity index (χ3n) is 7.68. The molecule has 0 amide bonds. The molecule has 5 heteroatoms. The van der Waals surface area contributed by atoms with Gasteiger partial charge in [0.1, 0.15) is 23.9 Å². The number of hydrogen-bond acceptors (Lipinski definition) is 3. The highest BCUT2D eigenvalue weighted by atomic mass is 19.1. The quantitative estimate of drug-likeness (QED) is 0.293. The molecule has 3 aromatic carbocycles. The van der Waals surface area contributed by atoms with E-state index in [4.69, 9.17) is 9.47 Å². The summed E-state index contributed by atoms with van der Waals surface area (Å²) in [7, 11) is 1.59. The first-order valence-corrected chi connectivity index (χ1v) is 13.3. The molecular formula is C33H37FO4. The summed E-state index contributed by atoms with van der Waals surface area (Å²) in [6, 6.07) is 16.9. The minimum absolute atomic E-state index is 0.0200. The normalized spacial score (nSPS) is 15.2. The highest BCUT2D eigenvalue weighted by molar-refractivity contribution is 5.85. The largest absolute Gasteiger partial charge is 0.497 e. The molecule has 0 heterocycles. The van der Waals surface area contributed by atoms with E-state index in [9.17, 15) is 9.90 Å². The van der Waals surface area contributed by atoms with Gasteiger partial charge in [0.2, 0.25) is 0 Å². The SMILES string of the molecule is CC[C@@H](CC(=O)O)c1ccc(C)c(OCc2ccc(-c3cc(OC)ccc3F)c(C3=CCCC3(C)C)c2)c1. The van der Waals surface area contributed by atoms with Crippen molar-refractivity contribution in [3.8, 4) is 22.6 Å². The van der Waals surface area contributed by atoms with Gasteiger partial charge in [-0.25, -0.2) is 4.39 Å². The number of carboxylic acid groups (broad SMARTS) is 1. The molecule has 3 aromatic rings. The molecule has 0 radical (unpaired) electrons. The lowest BCUT2D eigenvalue weighted by atomic mass is 9.79. The number of ether oxygens (including phenoxy) is 2. The molecule has 0 aromatic heterocycles. The fraction of sp³-hybridized carbons (Fsp3) is 0.364. The predicted molar refractivity (Wildman–Crippen MR) is 150 cm³/mol. The Balaban J connectivity index is 1.68. The van der Waals surface area contributed by atoms with E-state index in [-0.39, 0.29) is 23.6 Å². The average Bonchev–Trinajstić information content (AvgIpc) is 3.25. The highest BCUT2D eigenvalue weighted by Crippen LogP contribution is 2.47. The molecule has 1 aliphatic rings. The van der Waals surface area contributed by atoms with Gasteiger partial charge in [-0.15, -0.1) is 0 Å². The van der Waals surface area contributed by atoms with E-state index in [0.29, 0.717) is 17.9 Å². The van der Waals surface area contributed by atoms with Crippen LogP contribution in [-0.4, -0.2) is 18.2 Å². The van der Waals surface area contributed by atoms with Crippen LogP contribution in [0.15, 0.2) is 60.7 Å². The van der Waals surface area contributed by atoms with E-state index >= 15 is 4.39 Å². The number of carbonyl (C=O) groups is 1. The number of rotatable bonds is 10. The van der Waals surface area contributed by atoms with Crippen molar-refractivity contribution in [2.75, 3.05) is 7.11 Å². The molecular weight excluding hydrogens is 479 g/mol. The van der Waals surface area contributed by atoms with Crippen molar-refractivity contribution in [3.63, 3.8) is 0 Å².